The van der Waals surface area contributed by atoms with Crippen LogP contribution in [0, 0.1) is 5.82 Å². The van der Waals surface area contributed by atoms with Crippen LogP contribution in [-0.4, -0.2) is 62.8 Å². The van der Waals surface area contributed by atoms with Gasteiger partial charge in [0.2, 0.25) is 0 Å². The summed E-state index contributed by atoms with van der Waals surface area (Å²) in [6.45, 7) is 3.66. The van der Waals surface area contributed by atoms with E-state index in [0.717, 1.165) is 17.7 Å². The minimum atomic E-state index is -0.218. The first-order valence-corrected chi connectivity index (χ1v) is 9.88. The Morgan fingerprint density at radius 2 is 1.55 bits per heavy atom. The molecule has 154 valence electrons. The first-order valence-electron chi connectivity index (χ1n) is 9.88. The van der Waals surface area contributed by atoms with Crippen LogP contribution in [-0.2, 0) is 13.0 Å². The smallest absolute Gasteiger partial charge is 0.320 e. The molecule has 2 aromatic rings. The van der Waals surface area contributed by atoms with Crippen molar-refractivity contribution >= 4 is 11.7 Å². The Balaban J connectivity index is 1.41. The van der Waals surface area contributed by atoms with Crippen molar-refractivity contribution in [2.75, 3.05) is 51.8 Å². The van der Waals surface area contributed by atoms with E-state index in [1.165, 1.54) is 11.6 Å². The van der Waals surface area contributed by atoms with Gasteiger partial charge in [-0.15, -0.1) is 0 Å². The highest BCUT2D eigenvalue weighted by Gasteiger charge is 2.29. The van der Waals surface area contributed by atoms with Gasteiger partial charge in [-0.2, -0.15) is 0 Å². The normalized spacial score (nSPS) is 16.4. The Bertz CT molecular complexity index is 897. The summed E-state index contributed by atoms with van der Waals surface area (Å²) in [4.78, 5) is 18.8. The fourth-order valence-electron chi connectivity index (χ4n) is 4.09. The zero-order valence-corrected chi connectivity index (χ0v) is 16.9. The summed E-state index contributed by atoms with van der Waals surface area (Å²) < 4.78 is 24.8. The van der Waals surface area contributed by atoms with Crippen molar-refractivity contribution in [3.05, 3.63) is 53.3 Å². The molecule has 2 amide bonds. The van der Waals surface area contributed by atoms with Crippen molar-refractivity contribution < 1.29 is 18.7 Å². The number of carbonyl (C=O) groups is 1. The number of hydrogen-bond donors (Lipinski definition) is 0. The number of urea groups is 1. The number of carbonyl (C=O) groups excluding carboxylic acids is 1. The maximum absolute atomic E-state index is 14.0. The molecule has 0 aliphatic carbocycles. The Morgan fingerprint density at radius 3 is 2.21 bits per heavy atom. The Morgan fingerprint density at radius 1 is 0.897 bits per heavy atom. The van der Waals surface area contributed by atoms with E-state index < -0.39 is 0 Å². The van der Waals surface area contributed by atoms with Crippen LogP contribution in [0.2, 0.25) is 0 Å². The average Bonchev–Trinajstić information content (AvgIpc) is 2.77. The molecule has 0 N–H and O–H groups in total. The predicted octanol–water partition coefficient (Wildman–Crippen LogP) is 3.14. The van der Waals surface area contributed by atoms with Crippen LogP contribution < -0.4 is 14.4 Å². The van der Waals surface area contributed by atoms with Gasteiger partial charge in [0.1, 0.15) is 5.82 Å². The Hall–Kier alpha value is -2.96. The minimum Gasteiger partial charge on any atom is -0.493 e. The van der Waals surface area contributed by atoms with Gasteiger partial charge in [-0.05, 0) is 41.8 Å². The number of halogens is 1. The van der Waals surface area contributed by atoms with Gasteiger partial charge in [-0.3, -0.25) is 0 Å². The van der Waals surface area contributed by atoms with Crippen LogP contribution in [0.25, 0.3) is 0 Å². The fraction of sp³-hybridized carbons (Fsp3) is 0.409. The quantitative estimate of drug-likeness (QED) is 0.796. The molecule has 2 heterocycles. The summed E-state index contributed by atoms with van der Waals surface area (Å²) in [5, 5.41) is 0. The van der Waals surface area contributed by atoms with E-state index in [0.29, 0.717) is 50.7 Å². The third kappa shape index (κ3) is 3.81. The average molecular weight is 399 g/mol. The third-order valence-corrected chi connectivity index (χ3v) is 5.73. The number of nitrogens with zero attached hydrogens (tertiary/aromatic N) is 3. The fourth-order valence-corrected chi connectivity index (χ4v) is 4.09. The molecule has 29 heavy (non-hydrogen) atoms. The second kappa shape index (κ2) is 8.19. The van der Waals surface area contributed by atoms with Gasteiger partial charge < -0.3 is 24.2 Å². The van der Waals surface area contributed by atoms with Crippen molar-refractivity contribution in [2.45, 2.75) is 13.0 Å². The van der Waals surface area contributed by atoms with Gasteiger partial charge in [0.25, 0.3) is 0 Å². The van der Waals surface area contributed by atoms with E-state index in [1.54, 1.807) is 26.4 Å². The summed E-state index contributed by atoms with van der Waals surface area (Å²) in [6, 6.07) is 10.8. The van der Waals surface area contributed by atoms with E-state index in [2.05, 4.69) is 0 Å². The maximum Gasteiger partial charge on any atom is 0.320 e. The van der Waals surface area contributed by atoms with Gasteiger partial charge in [-0.1, -0.05) is 12.1 Å². The summed E-state index contributed by atoms with van der Waals surface area (Å²) in [5.41, 5.74) is 2.89. The molecule has 1 fully saturated rings. The summed E-state index contributed by atoms with van der Waals surface area (Å²) >= 11 is 0. The standard InChI is InChI=1S/C22H26FN3O3/c1-28-20-13-16-7-8-26(15-17(16)14-21(20)29-2)22(27)25-11-9-24(10-12-25)19-6-4-3-5-18(19)23/h3-6,13-14H,7-12,15H2,1-2H3. The summed E-state index contributed by atoms with van der Waals surface area (Å²) in [5.74, 6) is 1.18. The second-order valence-electron chi connectivity index (χ2n) is 7.36. The lowest BCUT2D eigenvalue weighted by atomic mass is 9.99. The van der Waals surface area contributed by atoms with E-state index in [4.69, 9.17) is 9.47 Å². The van der Waals surface area contributed by atoms with Gasteiger partial charge in [0.15, 0.2) is 11.5 Å². The van der Waals surface area contributed by atoms with E-state index >= 15 is 0 Å². The molecule has 0 spiro atoms. The molecule has 4 rings (SSSR count). The largest absolute Gasteiger partial charge is 0.493 e. The highest BCUT2D eigenvalue weighted by molar-refractivity contribution is 5.75. The topological polar surface area (TPSA) is 45.3 Å². The second-order valence-corrected chi connectivity index (χ2v) is 7.36. The van der Waals surface area contributed by atoms with Crippen LogP contribution in [0.5, 0.6) is 11.5 Å². The number of amides is 2. The lowest BCUT2D eigenvalue weighted by molar-refractivity contribution is 0.144. The molecular weight excluding hydrogens is 373 g/mol. The maximum atomic E-state index is 14.0. The Labute approximate surface area is 170 Å². The highest BCUT2D eigenvalue weighted by Crippen LogP contribution is 2.33. The summed E-state index contributed by atoms with van der Waals surface area (Å²) in [7, 11) is 3.24. The zero-order valence-electron chi connectivity index (χ0n) is 16.9. The van der Waals surface area contributed by atoms with Crippen LogP contribution in [0.15, 0.2) is 36.4 Å². The van der Waals surface area contributed by atoms with Gasteiger partial charge in [0, 0.05) is 39.3 Å². The monoisotopic (exact) mass is 399 g/mol. The molecule has 0 radical (unpaired) electrons. The number of anilines is 1. The lowest BCUT2D eigenvalue weighted by Gasteiger charge is -2.39. The molecule has 0 bridgehead atoms. The number of rotatable bonds is 3. The van der Waals surface area contributed by atoms with Crippen LogP contribution >= 0.6 is 0 Å². The Kier molecular flexibility index (Phi) is 5.47. The number of para-hydroxylation sites is 1. The van der Waals surface area contributed by atoms with E-state index in [-0.39, 0.29) is 11.8 Å². The first kappa shape index (κ1) is 19.4. The van der Waals surface area contributed by atoms with Gasteiger partial charge in [-0.25, -0.2) is 9.18 Å². The third-order valence-electron chi connectivity index (χ3n) is 5.73. The number of benzene rings is 2. The molecule has 0 unspecified atom stereocenters. The predicted molar refractivity (Wildman–Crippen MR) is 109 cm³/mol. The van der Waals surface area contributed by atoms with Crippen molar-refractivity contribution in [3.8, 4) is 11.5 Å². The molecule has 2 aromatic carbocycles. The summed E-state index contributed by atoms with van der Waals surface area (Å²) in [6.07, 6.45) is 0.788. The van der Waals surface area contributed by atoms with Crippen molar-refractivity contribution in [1.82, 2.24) is 9.80 Å². The lowest BCUT2D eigenvalue weighted by Crippen LogP contribution is -2.53. The SMILES string of the molecule is COc1cc2c(cc1OC)CN(C(=O)N1CCN(c3ccccc3F)CC1)CC2. The molecule has 0 aromatic heterocycles. The zero-order chi connectivity index (χ0) is 20.4. The van der Waals surface area contributed by atoms with Crippen LogP contribution in [0.3, 0.4) is 0 Å². The number of piperazine rings is 1. The number of methoxy groups -OCH3 is 2. The molecule has 2 aliphatic heterocycles. The first-order chi connectivity index (χ1) is 14.1. The van der Waals surface area contributed by atoms with Gasteiger partial charge in [0.05, 0.1) is 19.9 Å². The number of ether oxygens (including phenoxy) is 2. The molecular formula is C22H26FN3O3. The van der Waals surface area contributed by atoms with E-state index in [1.807, 2.05) is 32.9 Å². The van der Waals surface area contributed by atoms with Gasteiger partial charge >= 0.3 is 6.03 Å². The molecule has 1 saturated heterocycles. The van der Waals surface area contributed by atoms with E-state index in [9.17, 15) is 9.18 Å². The highest BCUT2D eigenvalue weighted by atomic mass is 19.1. The molecule has 0 saturated carbocycles. The molecule has 6 nitrogen and oxygen atoms in total. The van der Waals surface area contributed by atoms with Crippen LogP contribution in [0.1, 0.15) is 11.1 Å². The molecule has 7 heteroatoms. The van der Waals surface area contributed by atoms with Crippen molar-refractivity contribution in [1.29, 1.82) is 0 Å². The van der Waals surface area contributed by atoms with Crippen LogP contribution in [0.4, 0.5) is 14.9 Å². The number of fused-ring (bicyclic) bond motifs is 1. The minimum absolute atomic E-state index is 0.0404. The van der Waals surface area contributed by atoms with Crippen molar-refractivity contribution in [3.63, 3.8) is 0 Å². The molecule has 2 aliphatic rings. The molecule has 0 atom stereocenters. The number of hydrogen-bond acceptors (Lipinski definition) is 4. The van der Waals surface area contributed by atoms with Crippen molar-refractivity contribution in [2.24, 2.45) is 0 Å².